The average molecular weight is 251 g/mol. The van der Waals surface area contributed by atoms with Crippen LogP contribution < -0.4 is 5.73 Å². The predicted molar refractivity (Wildman–Crippen MR) is 70.6 cm³/mol. The van der Waals surface area contributed by atoms with Crippen LogP contribution in [0.15, 0.2) is 18.3 Å². The Kier molecular flexibility index (Phi) is 4.04. The number of piperidine rings is 1. The monoisotopic (exact) mass is 251 g/mol. The minimum Gasteiger partial charge on any atom is -0.392 e. The number of nitrogens with zero attached hydrogens (tertiary/aromatic N) is 2. The fraction of sp³-hybridized carbons (Fsp3) is 0.500. The Labute approximate surface area is 106 Å². The van der Waals surface area contributed by atoms with Gasteiger partial charge in [-0.05, 0) is 37.1 Å². The van der Waals surface area contributed by atoms with E-state index in [2.05, 4.69) is 9.88 Å². The maximum Gasteiger partial charge on any atom is 0.122 e. The molecule has 2 heterocycles. The molecule has 17 heavy (non-hydrogen) atoms. The molecule has 1 aliphatic rings. The summed E-state index contributed by atoms with van der Waals surface area (Å²) in [6, 6.07) is 3.88. The zero-order valence-electron chi connectivity index (χ0n) is 9.67. The van der Waals surface area contributed by atoms with Crippen LogP contribution in [0, 0.1) is 0 Å². The molecule has 4 nitrogen and oxygen atoms in total. The van der Waals surface area contributed by atoms with Crippen LogP contribution in [0.4, 0.5) is 0 Å². The summed E-state index contributed by atoms with van der Waals surface area (Å²) in [5.74, 6) is 0. The topological polar surface area (TPSA) is 62.4 Å². The number of pyridine rings is 1. The number of aromatic nitrogens is 1. The van der Waals surface area contributed by atoms with Crippen molar-refractivity contribution in [2.24, 2.45) is 5.73 Å². The molecule has 1 atom stereocenters. The van der Waals surface area contributed by atoms with Crippen LogP contribution >= 0.6 is 12.2 Å². The lowest BCUT2D eigenvalue weighted by atomic mass is 10.1. The first-order valence-electron chi connectivity index (χ1n) is 5.80. The van der Waals surface area contributed by atoms with E-state index < -0.39 is 0 Å². The van der Waals surface area contributed by atoms with E-state index in [0.717, 1.165) is 38.0 Å². The van der Waals surface area contributed by atoms with Crippen molar-refractivity contribution in [3.8, 4) is 0 Å². The number of hydrogen-bond donors (Lipinski definition) is 2. The molecule has 92 valence electrons. The number of β-amino-alcohol motifs (C(OH)–C–C–N with tert-alkyl or cyclic N) is 1. The second-order valence-electron chi connectivity index (χ2n) is 4.44. The van der Waals surface area contributed by atoms with Crippen molar-refractivity contribution in [3.05, 3.63) is 29.6 Å². The van der Waals surface area contributed by atoms with Gasteiger partial charge in [-0.3, -0.25) is 9.88 Å². The average Bonchev–Trinajstić information content (AvgIpc) is 2.29. The lowest BCUT2D eigenvalue weighted by Gasteiger charge is -2.29. The molecule has 0 aliphatic carbocycles. The van der Waals surface area contributed by atoms with Crippen LogP contribution in [0.3, 0.4) is 0 Å². The van der Waals surface area contributed by atoms with E-state index in [4.69, 9.17) is 18.0 Å². The Bertz CT molecular complexity index is 410. The van der Waals surface area contributed by atoms with Gasteiger partial charge in [0.2, 0.25) is 0 Å². The highest BCUT2D eigenvalue weighted by Gasteiger charge is 2.17. The number of rotatable bonds is 3. The molecule has 1 aromatic heterocycles. The molecule has 0 radical (unpaired) electrons. The van der Waals surface area contributed by atoms with Crippen molar-refractivity contribution < 1.29 is 5.11 Å². The van der Waals surface area contributed by atoms with E-state index in [1.165, 1.54) is 0 Å². The van der Waals surface area contributed by atoms with Crippen molar-refractivity contribution in [3.63, 3.8) is 0 Å². The van der Waals surface area contributed by atoms with Crippen LogP contribution in [0.5, 0.6) is 0 Å². The molecular formula is C12H17N3OS. The van der Waals surface area contributed by atoms with Gasteiger partial charge in [0.1, 0.15) is 4.99 Å². The molecule has 0 spiro atoms. The highest BCUT2D eigenvalue weighted by Crippen LogP contribution is 2.13. The highest BCUT2D eigenvalue weighted by atomic mass is 32.1. The second-order valence-corrected chi connectivity index (χ2v) is 4.88. The van der Waals surface area contributed by atoms with Gasteiger partial charge in [0.25, 0.3) is 0 Å². The Balaban J connectivity index is 2.02. The van der Waals surface area contributed by atoms with Crippen LogP contribution in [-0.4, -0.2) is 39.2 Å². The Morgan fingerprint density at radius 3 is 3.18 bits per heavy atom. The summed E-state index contributed by atoms with van der Waals surface area (Å²) >= 11 is 4.91. The minimum absolute atomic E-state index is 0.194. The molecule has 1 fully saturated rings. The summed E-state index contributed by atoms with van der Waals surface area (Å²) in [4.78, 5) is 6.68. The molecule has 0 amide bonds. The molecule has 0 bridgehead atoms. The van der Waals surface area contributed by atoms with Crippen LogP contribution in [0.2, 0.25) is 0 Å². The Morgan fingerprint density at radius 2 is 2.47 bits per heavy atom. The fourth-order valence-corrected chi connectivity index (χ4v) is 2.25. The van der Waals surface area contributed by atoms with Crippen molar-refractivity contribution in [1.29, 1.82) is 0 Å². The summed E-state index contributed by atoms with van der Waals surface area (Å²) in [6.45, 7) is 2.59. The molecule has 1 aromatic rings. The van der Waals surface area contributed by atoms with Gasteiger partial charge in [-0.1, -0.05) is 12.2 Å². The molecule has 0 saturated carbocycles. The predicted octanol–water partition coefficient (Wildman–Crippen LogP) is 0.673. The molecule has 2 rings (SSSR count). The summed E-state index contributed by atoms with van der Waals surface area (Å²) in [7, 11) is 0. The van der Waals surface area contributed by atoms with Crippen molar-refractivity contribution in [2.75, 3.05) is 13.1 Å². The standard InChI is InChI=1S/C12H17N3OS/c13-12(17)11-6-9(3-4-14-11)7-15-5-1-2-10(16)8-15/h3-4,6,10,16H,1-2,5,7-8H2,(H2,13,17). The van der Waals surface area contributed by atoms with Crippen molar-refractivity contribution in [1.82, 2.24) is 9.88 Å². The zero-order chi connectivity index (χ0) is 12.3. The molecule has 0 aromatic carbocycles. The van der Waals surface area contributed by atoms with Crippen molar-refractivity contribution >= 4 is 17.2 Å². The van der Waals surface area contributed by atoms with E-state index in [9.17, 15) is 5.11 Å². The first-order valence-corrected chi connectivity index (χ1v) is 6.21. The fourth-order valence-electron chi connectivity index (χ4n) is 2.14. The lowest BCUT2D eigenvalue weighted by molar-refractivity contribution is 0.0668. The maximum atomic E-state index is 9.61. The lowest BCUT2D eigenvalue weighted by Crippen LogP contribution is -2.37. The van der Waals surface area contributed by atoms with E-state index in [1.807, 2.05) is 12.1 Å². The number of hydrogen-bond acceptors (Lipinski definition) is 4. The van der Waals surface area contributed by atoms with E-state index in [1.54, 1.807) is 6.20 Å². The van der Waals surface area contributed by atoms with E-state index >= 15 is 0 Å². The second kappa shape index (κ2) is 5.53. The number of aliphatic hydroxyl groups is 1. The van der Waals surface area contributed by atoms with Gasteiger partial charge in [-0.15, -0.1) is 0 Å². The molecular weight excluding hydrogens is 234 g/mol. The molecule has 5 heteroatoms. The quantitative estimate of drug-likeness (QED) is 0.773. The van der Waals surface area contributed by atoms with Gasteiger partial charge < -0.3 is 10.8 Å². The molecule has 1 unspecified atom stereocenters. The normalized spacial score (nSPS) is 21.4. The third kappa shape index (κ3) is 3.46. The third-order valence-electron chi connectivity index (χ3n) is 2.96. The largest absolute Gasteiger partial charge is 0.392 e. The maximum absolute atomic E-state index is 9.61. The number of aliphatic hydroxyl groups excluding tert-OH is 1. The molecule has 1 saturated heterocycles. The first-order chi connectivity index (χ1) is 8.15. The summed E-state index contributed by atoms with van der Waals surface area (Å²) < 4.78 is 0. The summed E-state index contributed by atoms with van der Waals surface area (Å²) in [6.07, 6.45) is 3.49. The first kappa shape index (κ1) is 12.4. The van der Waals surface area contributed by atoms with Gasteiger partial charge in [0, 0.05) is 19.3 Å². The van der Waals surface area contributed by atoms with Crippen LogP contribution in [0.25, 0.3) is 0 Å². The smallest absolute Gasteiger partial charge is 0.122 e. The van der Waals surface area contributed by atoms with E-state index in [0.29, 0.717) is 10.7 Å². The SMILES string of the molecule is NC(=S)c1cc(CN2CCCC(O)C2)ccn1. The summed E-state index contributed by atoms with van der Waals surface area (Å²) in [5.41, 5.74) is 7.35. The number of nitrogens with two attached hydrogens (primary N) is 1. The van der Waals surface area contributed by atoms with Gasteiger partial charge in [-0.2, -0.15) is 0 Å². The Morgan fingerprint density at radius 1 is 1.65 bits per heavy atom. The van der Waals surface area contributed by atoms with E-state index in [-0.39, 0.29) is 6.10 Å². The van der Waals surface area contributed by atoms with Crippen LogP contribution in [0.1, 0.15) is 24.1 Å². The van der Waals surface area contributed by atoms with Gasteiger partial charge in [0.15, 0.2) is 0 Å². The molecule has 1 aliphatic heterocycles. The number of likely N-dealkylation sites (tertiary alicyclic amines) is 1. The zero-order valence-corrected chi connectivity index (χ0v) is 10.5. The summed E-state index contributed by atoms with van der Waals surface area (Å²) in [5, 5.41) is 9.61. The Hall–Kier alpha value is -1.04. The van der Waals surface area contributed by atoms with Gasteiger partial charge in [0.05, 0.1) is 11.8 Å². The van der Waals surface area contributed by atoms with Crippen LogP contribution in [-0.2, 0) is 6.54 Å². The highest BCUT2D eigenvalue weighted by molar-refractivity contribution is 7.80. The molecule has 3 N–H and O–H groups in total. The third-order valence-corrected chi connectivity index (χ3v) is 3.17. The van der Waals surface area contributed by atoms with Crippen molar-refractivity contribution in [2.45, 2.75) is 25.5 Å². The minimum atomic E-state index is -0.194. The number of thiocarbonyl (C=S) groups is 1. The van der Waals surface area contributed by atoms with Gasteiger partial charge >= 0.3 is 0 Å². The van der Waals surface area contributed by atoms with Gasteiger partial charge in [-0.25, -0.2) is 0 Å².